The van der Waals surface area contributed by atoms with Crippen molar-refractivity contribution >= 4 is 11.9 Å². The molecule has 6 heteroatoms. The molecule has 0 spiro atoms. The number of rotatable bonds is 28. The first-order valence-corrected chi connectivity index (χ1v) is 16.6. The zero-order chi connectivity index (χ0) is 30.1. The van der Waals surface area contributed by atoms with E-state index in [9.17, 15) is 9.59 Å². The van der Waals surface area contributed by atoms with Crippen LogP contribution in [0.4, 0.5) is 0 Å². The van der Waals surface area contributed by atoms with Crippen LogP contribution in [0.1, 0.15) is 142 Å². The average Bonchev–Trinajstić information content (AvgIpc) is 2.90. The van der Waals surface area contributed by atoms with Gasteiger partial charge in [-0.2, -0.15) is 0 Å². The first-order valence-electron chi connectivity index (χ1n) is 16.6. The topological polar surface area (TPSA) is 52.6 Å². The maximum absolute atomic E-state index is 12.4. The molecular weight excluding hydrogens is 534 g/mol. The third-order valence-electron chi connectivity index (χ3n) is 7.61. The summed E-state index contributed by atoms with van der Waals surface area (Å²) in [5.74, 6) is -0.896. The largest absolute Gasteiger partial charge is 1.00 e. The van der Waals surface area contributed by atoms with Gasteiger partial charge in [-0.1, -0.05) is 136 Å². The quantitative estimate of drug-likeness (QED) is 0.0455. The lowest BCUT2D eigenvalue weighted by Gasteiger charge is -2.33. The molecule has 5 nitrogen and oxygen atoms in total. The van der Waals surface area contributed by atoms with Crippen LogP contribution in [0.25, 0.3) is 0 Å². The minimum absolute atomic E-state index is 0. The molecule has 0 aromatic carbocycles. The fourth-order valence-electron chi connectivity index (χ4n) is 5.28. The Kier molecular flexibility index (Phi) is 28.0. The number of carbonyl (C=O) groups excluding carboxylic acids is 2. The summed E-state index contributed by atoms with van der Waals surface area (Å²) in [6, 6.07) is 0. The lowest BCUT2D eigenvalue weighted by molar-refractivity contribution is -0.874. The van der Waals surface area contributed by atoms with Gasteiger partial charge in [0.25, 0.3) is 0 Å². The molecule has 41 heavy (non-hydrogen) atoms. The van der Waals surface area contributed by atoms with E-state index in [0.717, 1.165) is 25.8 Å². The van der Waals surface area contributed by atoms with E-state index in [-0.39, 0.29) is 37.0 Å². The smallest absolute Gasteiger partial charge is 0.333 e. The highest BCUT2D eigenvalue weighted by molar-refractivity contribution is 5.87. The summed E-state index contributed by atoms with van der Waals surface area (Å²) >= 11 is 0. The molecule has 2 atom stereocenters. The third-order valence-corrected chi connectivity index (χ3v) is 7.61. The molecule has 0 heterocycles. The lowest BCUT2D eigenvalue weighted by Crippen LogP contribution is -3.00. The maximum Gasteiger partial charge on any atom is 0.333 e. The minimum Gasteiger partial charge on any atom is -1.00 e. The summed E-state index contributed by atoms with van der Waals surface area (Å²) < 4.78 is 11.9. The van der Waals surface area contributed by atoms with Crippen LogP contribution in [0.5, 0.6) is 0 Å². The Morgan fingerprint density at radius 1 is 0.732 bits per heavy atom. The number of esters is 2. The molecule has 0 amide bonds. The van der Waals surface area contributed by atoms with Crippen LogP contribution in [0.3, 0.4) is 0 Å². The van der Waals surface area contributed by atoms with Gasteiger partial charge in [0, 0.05) is 11.6 Å². The Bertz CT molecular complexity index is 674. The van der Waals surface area contributed by atoms with Crippen LogP contribution in [0.15, 0.2) is 24.8 Å². The number of hydrogen-bond acceptors (Lipinski definition) is 4. The molecule has 2 unspecified atom stereocenters. The lowest BCUT2D eigenvalue weighted by atomic mass is 9.95. The zero-order valence-electron chi connectivity index (χ0n) is 27.7. The number of unbranched alkanes of at least 4 members (excludes halogenated alkanes) is 18. The molecule has 0 saturated heterocycles. The van der Waals surface area contributed by atoms with E-state index in [1.807, 2.05) is 0 Å². The van der Waals surface area contributed by atoms with Crippen molar-refractivity contribution in [2.45, 2.75) is 148 Å². The molecule has 0 saturated carbocycles. The number of carbonyl (C=O) groups is 2. The normalized spacial score (nSPS) is 12.7. The van der Waals surface area contributed by atoms with E-state index in [4.69, 9.17) is 9.47 Å². The van der Waals surface area contributed by atoms with E-state index in [1.165, 1.54) is 115 Å². The fourth-order valence-corrected chi connectivity index (χ4v) is 5.28. The molecule has 0 aliphatic carbocycles. The predicted molar refractivity (Wildman–Crippen MR) is 170 cm³/mol. The summed E-state index contributed by atoms with van der Waals surface area (Å²) in [7, 11) is 6.28. The second kappa shape index (κ2) is 27.5. The van der Waals surface area contributed by atoms with Crippen molar-refractivity contribution < 1.29 is 36.0 Å². The number of ether oxygens (including phenoxy) is 2. The van der Waals surface area contributed by atoms with Crippen LogP contribution < -0.4 is 12.4 Å². The molecule has 0 aliphatic heterocycles. The molecule has 0 N–H and O–H groups in total. The van der Waals surface area contributed by atoms with Crippen LogP contribution in [0, 0.1) is 5.92 Å². The van der Waals surface area contributed by atoms with Gasteiger partial charge >= 0.3 is 11.9 Å². The van der Waals surface area contributed by atoms with E-state index in [0.29, 0.717) is 10.1 Å². The molecule has 0 aliphatic rings. The minimum atomic E-state index is -0.445. The SMILES string of the molecule is C=CC(=O)OCC(C[N+](C)(C)C)C(CCCCCCCCCCCCCCCCCCCCC)OC(=O)C(=C)C.[Cl-]. The third kappa shape index (κ3) is 27.3. The second-order valence-corrected chi connectivity index (χ2v) is 12.9. The Morgan fingerprint density at radius 2 is 1.12 bits per heavy atom. The number of nitrogens with zero attached hydrogens (tertiary/aromatic N) is 1. The maximum atomic E-state index is 12.4. The van der Waals surface area contributed by atoms with Gasteiger partial charge in [0.05, 0.1) is 33.6 Å². The van der Waals surface area contributed by atoms with Gasteiger partial charge in [-0.3, -0.25) is 0 Å². The highest BCUT2D eigenvalue weighted by Gasteiger charge is 2.31. The molecule has 0 aromatic heterocycles. The Balaban J connectivity index is 0. The van der Waals surface area contributed by atoms with Crippen molar-refractivity contribution in [1.82, 2.24) is 0 Å². The Labute approximate surface area is 260 Å². The van der Waals surface area contributed by atoms with Gasteiger partial charge in [-0.15, -0.1) is 0 Å². The Morgan fingerprint density at radius 3 is 1.46 bits per heavy atom. The van der Waals surface area contributed by atoms with Gasteiger partial charge in [0.2, 0.25) is 0 Å². The molecular formula is C35H66ClNO4. The van der Waals surface area contributed by atoms with Crippen molar-refractivity contribution in [2.24, 2.45) is 5.92 Å². The van der Waals surface area contributed by atoms with Gasteiger partial charge in [-0.25, -0.2) is 9.59 Å². The summed E-state index contributed by atoms with van der Waals surface area (Å²) in [5.41, 5.74) is 0.394. The average molecular weight is 600 g/mol. The molecule has 0 bridgehead atoms. The van der Waals surface area contributed by atoms with Crippen LogP contribution in [0.2, 0.25) is 0 Å². The van der Waals surface area contributed by atoms with Crippen molar-refractivity contribution in [3.63, 3.8) is 0 Å². The molecule has 242 valence electrons. The molecule has 0 radical (unpaired) electrons. The fraction of sp³-hybridized carbons (Fsp3) is 0.829. The van der Waals surface area contributed by atoms with Crippen LogP contribution in [-0.4, -0.2) is 56.8 Å². The summed E-state index contributed by atoms with van der Waals surface area (Å²) in [6.07, 6.45) is 27.2. The van der Waals surface area contributed by atoms with Crippen molar-refractivity contribution in [2.75, 3.05) is 34.3 Å². The monoisotopic (exact) mass is 599 g/mol. The summed E-state index contributed by atoms with van der Waals surface area (Å²) in [5, 5.41) is 0. The summed E-state index contributed by atoms with van der Waals surface area (Å²) in [4.78, 5) is 24.1. The standard InChI is InChI=1S/C35H66NO4.ClH/c1-8-10-11-12-13-14-15-16-17-18-19-20-21-22-23-24-25-26-27-28-33(40-35(38)31(3)4)32(29-36(5,6)7)30-39-34(37)9-2;/h9,32-33H,2-3,8,10-30H2,1,4-7H3;1H/q+1;/p-1. The van der Waals surface area contributed by atoms with E-state index in [1.54, 1.807) is 6.92 Å². The van der Waals surface area contributed by atoms with Crippen LogP contribution >= 0.6 is 0 Å². The summed E-state index contributed by atoms with van der Waals surface area (Å²) in [6.45, 7) is 12.1. The molecule has 0 aromatic rings. The molecule has 0 fully saturated rings. The highest BCUT2D eigenvalue weighted by atomic mass is 35.5. The Hall–Kier alpha value is -1.33. The van der Waals surface area contributed by atoms with E-state index in [2.05, 4.69) is 41.2 Å². The number of quaternary nitrogens is 1. The first kappa shape index (κ1) is 41.8. The number of hydrogen-bond donors (Lipinski definition) is 0. The zero-order valence-corrected chi connectivity index (χ0v) is 28.4. The van der Waals surface area contributed by atoms with Gasteiger partial charge < -0.3 is 26.4 Å². The number of halogens is 1. The van der Waals surface area contributed by atoms with Crippen molar-refractivity contribution in [3.8, 4) is 0 Å². The second-order valence-electron chi connectivity index (χ2n) is 12.9. The van der Waals surface area contributed by atoms with E-state index >= 15 is 0 Å². The van der Waals surface area contributed by atoms with Gasteiger partial charge in [-0.05, 0) is 19.8 Å². The first-order chi connectivity index (χ1) is 19.1. The van der Waals surface area contributed by atoms with Crippen molar-refractivity contribution in [3.05, 3.63) is 24.8 Å². The predicted octanol–water partition coefficient (Wildman–Crippen LogP) is 6.35. The van der Waals surface area contributed by atoms with Crippen molar-refractivity contribution in [1.29, 1.82) is 0 Å². The van der Waals surface area contributed by atoms with Gasteiger partial charge in [0.15, 0.2) is 0 Å². The molecule has 0 rings (SSSR count). The van der Waals surface area contributed by atoms with Gasteiger partial charge in [0.1, 0.15) is 12.7 Å². The van der Waals surface area contributed by atoms with Crippen LogP contribution in [-0.2, 0) is 19.1 Å². The highest BCUT2D eigenvalue weighted by Crippen LogP contribution is 2.22. The van der Waals surface area contributed by atoms with E-state index < -0.39 is 5.97 Å².